The first-order chi connectivity index (χ1) is 13.4. The number of amides is 1. The van der Waals surface area contributed by atoms with Gasteiger partial charge in [-0.2, -0.15) is 23.3 Å². The number of hydrazone groups is 1. The number of benzene rings is 1. The van der Waals surface area contributed by atoms with Crippen LogP contribution in [0.5, 0.6) is 5.75 Å². The third-order valence-electron chi connectivity index (χ3n) is 6.10. The summed E-state index contributed by atoms with van der Waals surface area (Å²) in [5.41, 5.74) is -2.73. The summed E-state index contributed by atoms with van der Waals surface area (Å²) >= 11 is 0. The third kappa shape index (κ3) is 3.86. The fourth-order valence-electron chi connectivity index (χ4n) is 4.25. The number of methoxy groups -OCH3 is 1. The van der Waals surface area contributed by atoms with E-state index in [1.165, 1.54) is 7.11 Å². The minimum Gasteiger partial charge on any atom is -0.497 e. The van der Waals surface area contributed by atoms with Crippen molar-refractivity contribution in [3.05, 3.63) is 29.8 Å². The molecular formula is C21H27F3N2O3. The molecule has 0 radical (unpaired) electrons. The number of alkyl halides is 3. The number of ether oxygens (including phenoxy) is 1. The maximum Gasteiger partial charge on any atom is 0.439 e. The number of hydrogen-bond acceptors (Lipinski definition) is 4. The lowest BCUT2D eigenvalue weighted by Crippen LogP contribution is -2.62. The van der Waals surface area contributed by atoms with Gasteiger partial charge in [0.05, 0.1) is 19.4 Å². The van der Waals surface area contributed by atoms with Crippen LogP contribution in [0.15, 0.2) is 29.4 Å². The monoisotopic (exact) mass is 412 g/mol. The molecule has 0 aromatic heterocycles. The second kappa shape index (κ2) is 7.31. The van der Waals surface area contributed by atoms with Crippen LogP contribution < -0.4 is 4.74 Å². The van der Waals surface area contributed by atoms with Gasteiger partial charge in [0.15, 0.2) is 0 Å². The van der Waals surface area contributed by atoms with Gasteiger partial charge in [-0.05, 0) is 48.3 Å². The fraction of sp³-hybridized carbons (Fsp3) is 0.619. The van der Waals surface area contributed by atoms with E-state index >= 15 is 0 Å². The van der Waals surface area contributed by atoms with Crippen molar-refractivity contribution >= 4 is 11.6 Å². The molecule has 0 bridgehead atoms. The van der Waals surface area contributed by atoms with E-state index in [9.17, 15) is 23.1 Å². The number of carbonyl (C=O) groups excluding carboxylic acids is 1. The van der Waals surface area contributed by atoms with E-state index < -0.39 is 23.7 Å². The number of rotatable bonds is 3. The van der Waals surface area contributed by atoms with Crippen LogP contribution in [-0.2, 0) is 11.2 Å². The van der Waals surface area contributed by atoms with Crippen LogP contribution in [0.3, 0.4) is 0 Å². The molecule has 1 fully saturated rings. The van der Waals surface area contributed by atoms with Crippen LogP contribution in [0, 0.1) is 17.3 Å². The molecule has 0 saturated heterocycles. The quantitative estimate of drug-likeness (QED) is 0.811. The topological polar surface area (TPSA) is 62.1 Å². The highest BCUT2D eigenvalue weighted by molar-refractivity contribution is 5.93. The minimum absolute atomic E-state index is 0.00281. The number of nitrogens with zero attached hydrogens (tertiary/aromatic N) is 2. The van der Waals surface area contributed by atoms with Gasteiger partial charge in [-0.15, -0.1) is 0 Å². The first-order valence-corrected chi connectivity index (χ1v) is 9.70. The average molecular weight is 412 g/mol. The van der Waals surface area contributed by atoms with Crippen molar-refractivity contribution in [3.63, 3.8) is 0 Å². The van der Waals surface area contributed by atoms with Crippen LogP contribution in [0.4, 0.5) is 13.2 Å². The van der Waals surface area contributed by atoms with E-state index in [0.717, 1.165) is 0 Å². The summed E-state index contributed by atoms with van der Waals surface area (Å²) in [4.78, 5) is 12.8. The molecule has 2 aliphatic rings. The Kier molecular flexibility index (Phi) is 5.45. The summed E-state index contributed by atoms with van der Waals surface area (Å²) in [7, 11) is 1.50. The molecule has 1 aliphatic carbocycles. The zero-order valence-electron chi connectivity index (χ0n) is 17.1. The average Bonchev–Trinajstić information content (AvgIpc) is 2.95. The maximum atomic E-state index is 14.1. The summed E-state index contributed by atoms with van der Waals surface area (Å²) in [6.45, 7) is 5.94. The first-order valence-electron chi connectivity index (χ1n) is 9.70. The van der Waals surface area contributed by atoms with Crippen molar-refractivity contribution < 1.29 is 27.8 Å². The molecule has 29 heavy (non-hydrogen) atoms. The zero-order valence-corrected chi connectivity index (χ0v) is 17.1. The highest BCUT2D eigenvalue weighted by Gasteiger charge is 2.69. The Morgan fingerprint density at radius 1 is 1.28 bits per heavy atom. The van der Waals surface area contributed by atoms with Gasteiger partial charge >= 0.3 is 6.18 Å². The second-order valence-corrected chi connectivity index (χ2v) is 8.94. The van der Waals surface area contributed by atoms with E-state index in [1.54, 1.807) is 24.3 Å². The summed E-state index contributed by atoms with van der Waals surface area (Å²) in [6.07, 6.45) is -4.14. The summed E-state index contributed by atoms with van der Waals surface area (Å²) in [5, 5.41) is 15.1. The minimum atomic E-state index is -5.02. The molecule has 5 nitrogen and oxygen atoms in total. The zero-order chi connectivity index (χ0) is 21.6. The van der Waals surface area contributed by atoms with Crippen LogP contribution in [0.2, 0.25) is 0 Å². The Morgan fingerprint density at radius 2 is 1.90 bits per heavy atom. The molecule has 1 saturated carbocycles. The lowest BCUT2D eigenvalue weighted by Gasteiger charge is -2.42. The predicted molar refractivity (Wildman–Crippen MR) is 102 cm³/mol. The highest BCUT2D eigenvalue weighted by Crippen LogP contribution is 2.51. The summed E-state index contributed by atoms with van der Waals surface area (Å²) in [6, 6.07) is 6.47. The van der Waals surface area contributed by atoms with Gasteiger partial charge in [0.1, 0.15) is 5.75 Å². The third-order valence-corrected chi connectivity index (χ3v) is 6.10. The summed E-state index contributed by atoms with van der Waals surface area (Å²) < 4.78 is 47.2. The molecule has 8 heteroatoms. The molecule has 1 aliphatic heterocycles. The SMILES string of the molecule is COc1ccc(CC(=O)N2N=C3CC[C@H](C(C)(C)C)C[C@@H]3[C@]2(O)C(F)(F)F)cc1. The molecule has 1 N–H and O–H groups in total. The number of hydrogen-bond donors (Lipinski definition) is 1. The Balaban J connectivity index is 1.89. The second-order valence-electron chi connectivity index (χ2n) is 8.94. The molecule has 1 amide bonds. The number of halogens is 3. The lowest BCUT2D eigenvalue weighted by molar-refractivity contribution is -0.318. The number of carbonyl (C=O) groups is 1. The molecule has 1 aromatic carbocycles. The van der Waals surface area contributed by atoms with Gasteiger partial charge < -0.3 is 9.84 Å². The lowest BCUT2D eigenvalue weighted by atomic mass is 9.66. The molecule has 0 spiro atoms. The van der Waals surface area contributed by atoms with Gasteiger partial charge in [-0.25, -0.2) is 0 Å². The Morgan fingerprint density at radius 3 is 2.41 bits per heavy atom. The van der Waals surface area contributed by atoms with Crippen LogP contribution in [0.25, 0.3) is 0 Å². The molecule has 1 aromatic rings. The van der Waals surface area contributed by atoms with Gasteiger partial charge in [-0.1, -0.05) is 32.9 Å². The van der Waals surface area contributed by atoms with E-state index in [1.807, 2.05) is 20.8 Å². The molecular weight excluding hydrogens is 385 g/mol. The van der Waals surface area contributed by atoms with Crippen molar-refractivity contribution in [3.8, 4) is 5.75 Å². The highest BCUT2D eigenvalue weighted by atomic mass is 19.4. The summed E-state index contributed by atoms with van der Waals surface area (Å²) in [5.74, 6) is -1.55. The maximum absolute atomic E-state index is 14.1. The normalized spacial score (nSPS) is 27.4. The molecule has 3 rings (SSSR count). The van der Waals surface area contributed by atoms with Crippen molar-refractivity contribution in [2.45, 2.75) is 58.4 Å². The Labute approximate surface area is 168 Å². The van der Waals surface area contributed by atoms with Crippen molar-refractivity contribution in [1.82, 2.24) is 5.01 Å². The van der Waals surface area contributed by atoms with Gasteiger partial charge in [-0.3, -0.25) is 4.79 Å². The van der Waals surface area contributed by atoms with Crippen LogP contribution in [-0.4, -0.2) is 40.7 Å². The fourth-order valence-corrected chi connectivity index (χ4v) is 4.25. The van der Waals surface area contributed by atoms with E-state index in [0.29, 0.717) is 24.2 Å². The van der Waals surface area contributed by atoms with Crippen molar-refractivity contribution in [2.75, 3.05) is 7.11 Å². The molecule has 160 valence electrons. The van der Waals surface area contributed by atoms with Gasteiger partial charge in [0, 0.05) is 5.71 Å². The van der Waals surface area contributed by atoms with Crippen molar-refractivity contribution in [1.29, 1.82) is 0 Å². The number of fused-ring (bicyclic) bond motifs is 1. The number of aliphatic hydroxyl groups is 1. The van der Waals surface area contributed by atoms with E-state index in [4.69, 9.17) is 4.74 Å². The van der Waals surface area contributed by atoms with E-state index in [-0.39, 0.29) is 34.9 Å². The van der Waals surface area contributed by atoms with Crippen molar-refractivity contribution in [2.24, 2.45) is 22.4 Å². The molecule has 1 heterocycles. The largest absolute Gasteiger partial charge is 0.497 e. The predicted octanol–water partition coefficient (Wildman–Crippen LogP) is 4.15. The Bertz CT molecular complexity index is 799. The molecule has 3 atom stereocenters. The van der Waals surface area contributed by atoms with Crippen LogP contribution >= 0.6 is 0 Å². The standard InChI is InChI=1S/C21H27F3N2O3/c1-19(2,3)14-7-10-17-16(12-14)20(28,21(22,23)24)26(25-17)18(27)11-13-5-8-15(29-4)9-6-13/h5-6,8-9,14,16,28H,7,10-12H2,1-4H3/t14-,16-,20-/m0/s1. The van der Waals surface area contributed by atoms with Crippen LogP contribution in [0.1, 0.15) is 45.6 Å². The smallest absolute Gasteiger partial charge is 0.439 e. The molecule has 0 unspecified atom stereocenters. The van der Waals surface area contributed by atoms with E-state index in [2.05, 4.69) is 5.10 Å². The first kappa shape index (κ1) is 21.6. The van der Waals surface area contributed by atoms with Gasteiger partial charge in [0.25, 0.3) is 5.72 Å². The van der Waals surface area contributed by atoms with Gasteiger partial charge in [0.2, 0.25) is 5.91 Å². The Hall–Kier alpha value is -2.09.